The van der Waals surface area contributed by atoms with Gasteiger partial charge in [-0.15, -0.1) is 0 Å². The Hall–Kier alpha value is -8.28. The summed E-state index contributed by atoms with van der Waals surface area (Å²) in [6.07, 6.45) is 7.10. The molecule has 4 heterocycles. The van der Waals surface area contributed by atoms with Crippen LogP contribution < -0.4 is 0 Å². The summed E-state index contributed by atoms with van der Waals surface area (Å²) < 4.78 is 99.5. The molecule has 0 bridgehead atoms. The summed E-state index contributed by atoms with van der Waals surface area (Å²) >= 11 is 0. The molecule has 0 atom stereocenters. The fraction of sp³-hybridized carbons (Fsp3) is 0.125. The normalized spacial score (nSPS) is 11.8. The van der Waals surface area contributed by atoms with Gasteiger partial charge in [0.2, 0.25) is 0 Å². The van der Waals surface area contributed by atoms with Crippen molar-refractivity contribution >= 4 is 83.0 Å². The first-order valence-electron chi connectivity index (χ1n) is 25.6. The van der Waals surface area contributed by atoms with Crippen LogP contribution in [-0.2, 0) is 62.4 Å². The first-order valence-corrected chi connectivity index (χ1v) is 32.2. The monoisotopic (exact) mass is 1140 g/mol. The van der Waals surface area contributed by atoms with E-state index in [0.717, 1.165) is 88.1 Å². The lowest BCUT2D eigenvalue weighted by molar-refractivity contribution is 0.593. The predicted octanol–water partition coefficient (Wildman–Crippen LogP) is 13.8. The molecule has 4 N–H and O–H groups in total. The molecular weight excluding hydrogens is 1080 g/mol. The van der Waals surface area contributed by atoms with Crippen LogP contribution in [0.1, 0.15) is 44.5 Å². The van der Waals surface area contributed by atoms with Crippen LogP contribution in [0.4, 0.5) is 0 Å². The zero-order chi connectivity index (χ0) is 56.7. The number of hydrogen-bond donors (Lipinski definition) is 4. The van der Waals surface area contributed by atoms with Crippen LogP contribution >= 0.6 is 0 Å². The number of benzene rings is 8. The molecule has 8 aromatic carbocycles. The second kappa shape index (κ2) is 24.0. The highest BCUT2D eigenvalue weighted by Crippen LogP contribution is 2.28. The Morgan fingerprint density at radius 2 is 0.425 bits per heavy atom. The fourth-order valence-electron chi connectivity index (χ4n) is 9.14. The first kappa shape index (κ1) is 56.4. The Bertz CT molecular complexity index is 3970. The molecule has 12 rings (SSSR count). The molecule has 12 nitrogen and oxygen atoms in total. The number of hydrogen-bond acceptors (Lipinski definition) is 8. The van der Waals surface area contributed by atoms with E-state index in [-0.39, 0.29) is 23.0 Å². The molecule has 0 fully saturated rings. The first-order chi connectivity index (χ1) is 38.2. The van der Waals surface area contributed by atoms with E-state index in [1.54, 1.807) is 73.3 Å². The number of H-pyrrole nitrogens is 4. The second-order valence-corrected chi connectivity index (χ2v) is 27.7. The van der Waals surface area contributed by atoms with Crippen LogP contribution in [0.15, 0.2) is 238 Å². The summed E-state index contributed by atoms with van der Waals surface area (Å²) in [5.41, 5.74) is 11.3. The van der Waals surface area contributed by atoms with Gasteiger partial charge in [0.25, 0.3) is 0 Å². The maximum atomic E-state index is 12.4. The molecule has 4 aromatic heterocycles. The van der Waals surface area contributed by atoms with Gasteiger partial charge >= 0.3 is 0 Å². The van der Waals surface area contributed by atoms with E-state index in [0.29, 0.717) is 19.6 Å². The van der Waals surface area contributed by atoms with Crippen molar-refractivity contribution in [2.24, 2.45) is 0 Å². The molecule has 0 unspecified atom stereocenters. The van der Waals surface area contributed by atoms with Gasteiger partial charge in [0, 0.05) is 68.4 Å². The lowest BCUT2D eigenvalue weighted by Gasteiger charge is -2.04. The van der Waals surface area contributed by atoms with Crippen LogP contribution in [0, 0.1) is 27.7 Å². The fourth-order valence-corrected chi connectivity index (χ4v) is 14.6. The van der Waals surface area contributed by atoms with Crippen molar-refractivity contribution in [3.05, 3.63) is 263 Å². The van der Waals surface area contributed by atoms with Gasteiger partial charge in [-0.05, 0) is 123 Å². The van der Waals surface area contributed by atoms with Gasteiger partial charge in [0.1, 0.15) is 0 Å². The van der Waals surface area contributed by atoms with Crippen molar-refractivity contribution in [1.82, 2.24) is 19.9 Å². The van der Waals surface area contributed by atoms with Crippen LogP contribution in [0.2, 0.25) is 0 Å². The summed E-state index contributed by atoms with van der Waals surface area (Å²) in [4.78, 5) is 13.9. The Morgan fingerprint density at radius 1 is 0.250 bits per heavy atom. The van der Waals surface area contributed by atoms with Gasteiger partial charge in [-0.2, -0.15) is 0 Å². The van der Waals surface area contributed by atoms with E-state index in [1.165, 1.54) is 0 Å². The summed E-state index contributed by atoms with van der Waals surface area (Å²) in [6.45, 7) is 7.76. The molecule has 0 saturated carbocycles. The number of fused-ring (bicyclic) bond motifs is 4. The highest BCUT2D eigenvalue weighted by molar-refractivity contribution is 7.91. The second-order valence-electron chi connectivity index (χ2n) is 19.7. The Kier molecular flexibility index (Phi) is 16.9. The summed E-state index contributed by atoms with van der Waals surface area (Å²) in [6, 6.07) is 58.8. The van der Waals surface area contributed by atoms with Crippen molar-refractivity contribution < 1.29 is 33.7 Å². The SMILES string of the molecule is Cc1ccc(S(=O)(=O)Cc2c[nH]c3ccccc23)cc1.Cc1ccc(S(=O)(=O)Cc2c[nH]c3ccccc23)cc1.Cc1ccc(S(=O)(=O)Cc2c[nH]c3ccccc23)cc1.Cc1ccc(S(=O)(=O)Cc2c[nH]c3ccccc23)cc1. The molecule has 0 aliphatic rings. The van der Waals surface area contributed by atoms with E-state index in [2.05, 4.69) is 19.9 Å². The summed E-state index contributed by atoms with van der Waals surface area (Å²) in [7, 11) is -13.2. The van der Waals surface area contributed by atoms with Gasteiger partial charge in [0.15, 0.2) is 39.3 Å². The van der Waals surface area contributed by atoms with Crippen molar-refractivity contribution in [2.75, 3.05) is 0 Å². The van der Waals surface area contributed by atoms with E-state index in [1.807, 2.05) is 173 Å². The van der Waals surface area contributed by atoms with E-state index in [4.69, 9.17) is 0 Å². The van der Waals surface area contributed by atoms with Crippen LogP contribution in [0.25, 0.3) is 43.6 Å². The predicted molar refractivity (Wildman–Crippen MR) is 321 cm³/mol. The largest absolute Gasteiger partial charge is 0.361 e. The van der Waals surface area contributed by atoms with Gasteiger partial charge in [-0.1, -0.05) is 144 Å². The van der Waals surface area contributed by atoms with E-state index in [9.17, 15) is 33.7 Å². The number of aromatic nitrogens is 4. The summed E-state index contributed by atoms with van der Waals surface area (Å²) in [5.74, 6) is 0.0559. The van der Waals surface area contributed by atoms with E-state index >= 15 is 0 Å². The topological polar surface area (TPSA) is 200 Å². The maximum Gasteiger partial charge on any atom is 0.182 e. The average Bonchev–Trinajstić information content (AvgIpc) is 4.30. The molecule has 0 aliphatic carbocycles. The molecule has 80 heavy (non-hydrogen) atoms. The van der Waals surface area contributed by atoms with Gasteiger partial charge in [-0.25, -0.2) is 33.7 Å². The highest BCUT2D eigenvalue weighted by Gasteiger charge is 2.21. The zero-order valence-corrected chi connectivity index (χ0v) is 47.8. The molecule has 0 aliphatic heterocycles. The molecule has 0 spiro atoms. The van der Waals surface area contributed by atoms with Crippen LogP contribution in [-0.4, -0.2) is 53.6 Å². The third kappa shape index (κ3) is 13.6. The smallest absolute Gasteiger partial charge is 0.182 e. The minimum absolute atomic E-state index is 0.0140. The Morgan fingerprint density at radius 3 is 0.613 bits per heavy atom. The number of nitrogens with one attached hydrogen (secondary N) is 4. The molecule has 408 valence electrons. The van der Waals surface area contributed by atoms with Crippen LogP contribution in [0.5, 0.6) is 0 Å². The Labute approximate surface area is 467 Å². The summed E-state index contributed by atoms with van der Waals surface area (Å²) in [5, 5.41) is 3.85. The number of sulfone groups is 4. The van der Waals surface area contributed by atoms with Crippen molar-refractivity contribution in [3.8, 4) is 0 Å². The third-order valence-corrected chi connectivity index (χ3v) is 20.3. The third-order valence-electron chi connectivity index (χ3n) is 13.6. The number of para-hydroxylation sites is 4. The molecular formula is C64H60N4O8S4. The minimum atomic E-state index is -3.31. The van der Waals surface area contributed by atoms with Crippen molar-refractivity contribution in [3.63, 3.8) is 0 Å². The van der Waals surface area contributed by atoms with Gasteiger partial charge < -0.3 is 19.9 Å². The number of aromatic amines is 4. The van der Waals surface area contributed by atoms with Crippen molar-refractivity contribution in [1.29, 1.82) is 0 Å². The highest BCUT2D eigenvalue weighted by atomic mass is 32.2. The molecule has 0 radical (unpaired) electrons. The molecule has 0 saturated heterocycles. The average molecular weight is 1140 g/mol. The lowest BCUT2D eigenvalue weighted by Crippen LogP contribution is -2.04. The van der Waals surface area contributed by atoms with Crippen LogP contribution in [0.3, 0.4) is 0 Å². The Balaban J connectivity index is 0.000000129. The van der Waals surface area contributed by atoms with Gasteiger partial charge in [-0.3, -0.25) is 0 Å². The van der Waals surface area contributed by atoms with Crippen molar-refractivity contribution in [2.45, 2.75) is 70.3 Å². The standard InChI is InChI=1S/4C16H15NO2S/c4*1-12-6-8-14(9-7-12)20(18,19)11-13-10-17-16-5-3-2-4-15(13)16/h4*2-10,17H,11H2,1H3. The van der Waals surface area contributed by atoms with Gasteiger partial charge in [0.05, 0.1) is 42.6 Å². The molecule has 12 aromatic rings. The van der Waals surface area contributed by atoms with E-state index < -0.39 is 39.3 Å². The quantitative estimate of drug-likeness (QED) is 0.0926. The number of aryl methyl sites for hydroxylation is 4. The maximum absolute atomic E-state index is 12.4. The molecule has 0 amide bonds. The molecule has 16 heteroatoms. The lowest BCUT2D eigenvalue weighted by atomic mass is 10.2. The zero-order valence-electron chi connectivity index (χ0n) is 44.5. The number of rotatable bonds is 12. The minimum Gasteiger partial charge on any atom is -0.361 e.